The van der Waals surface area contributed by atoms with Crippen molar-refractivity contribution in [3.8, 4) is 0 Å². The Morgan fingerprint density at radius 3 is 1.20 bits per heavy atom. The van der Waals surface area contributed by atoms with Crippen LogP contribution in [0.4, 0.5) is 0 Å². The Labute approximate surface area is 492 Å². The number of aliphatic hydroxyl groups excluding tert-OH is 2. The van der Waals surface area contributed by atoms with Crippen LogP contribution in [-0.4, -0.2) is 89.2 Å². The molecule has 1 rings (SSSR count). The molecule has 0 radical (unpaired) electrons. The number of carbonyl (C=O) groups excluding carboxylic acids is 3. The van der Waals surface area contributed by atoms with Gasteiger partial charge in [0.1, 0.15) is 18.8 Å². The third-order valence-corrected chi connectivity index (χ3v) is 14.4. The highest BCUT2D eigenvalue weighted by atomic mass is 16.7. The molecule has 12 nitrogen and oxygen atoms in total. The minimum Gasteiger partial charge on any atom is -0.479 e. The Morgan fingerprint density at radius 1 is 0.420 bits per heavy atom. The van der Waals surface area contributed by atoms with E-state index < -0.39 is 67.3 Å². The second kappa shape index (κ2) is 56.4. The maximum Gasteiger partial charge on any atom is 0.335 e. The molecule has 0 amide bonds. The normalized spacial score (nSPS) is 18.3. The fraction of sp³-hybridized carbons (Fsp3) is 0.739. The molecule has 1 fully saturated rings. The van der Waals surface area contributed by atoms with E-state index in [0.717, 1.165) is 135 Å². The summed E-state index contributed by atoms with van der Waals surface area (Å²) in [6.07, 6.45) is 61.1. The molecule has 3 N–H and O–H groups in total. The summed E-state index contributed by atoms with van der Waals surface area (Å²) in [5, 5.41) is 31.6. The molecule has 1 heterocycles. The van der Waals surface area contributed by atoms with Crippen LogP contribution in [0.3, 0.4) is 0 Å². The predicted molar refractivity (Wildman–Crippen MR) is 331 cm³/mol. The van der Waals surface area contributed by atoms with Gasteiger partial charge < -0.3 is 39.0 Å². The number of aliphatic carboxylic acids is 1. The van der Waals surface area contributed by atoms with Crippen molar-refractivity contribution in [3.63, 3.8) is 0 Å². The molecule has 1 saturated heterocycles. The molecule has 0 saturated carbocycles. The molecule has 12 heteroatoms. The van der Waals surface area contributed by atoms with Crippen molar-refractivity contribution in [2.75, 3.05) is 13.2 Å². The smallest absolute Gasteiger partial charge is 0.335 e. The number of hydrogen-bond acceptors (Lipinski definition) is 11. The van der Waals surface area contributed by atoms with Crippen molar-refractivity contribution in [1.82, 2.24) is 0 Å². The molecule has 0 aliphatic carbocycles. The van der Waals surface area contributed by atoms with Gasteiger partial charge in [0, 0.05) is 19.3 Å². The van der Waals surface area contributed by atoms with Crippen molar-refractivity contribution in [1.29, 1.82) is 0 Å². The first-order valence-electron chi connectivity index (χ1n) is 32.6. The Balaban J connectivity index is 2.67. The highest BCUT2D eigenvalue weighted by Gasteiger charge is 2.50. The highest BCUT2D eigenvalue weighted by Crippen LogP contribution is 2.27. The standard InChI is InChI=1S/C69H116O12/c1-4-7-10-13-16-19-22-25-28-30-31-33-35-37-40-43-46-49-52-55-61(70)77-58-60(79-62(71)56-53-50-47-44-41-39-36-32-29-26-23-20-17-14-11-8-5-2)59-78-69-67(65(74)64(73)66(81-69)68(75)76)80-63(72)57-54-51-48-45-42-38-34-27-24-21-18-15-12-9-6-3/h8-9,11-12,17-18,20-21,25-29,34,60,64-67,69,73-74H,4-7,10,13-16,19,22-24,30-33,35-59H2,1-3H3,(H,75,76)/b11-8-,12-9-,20-17-,21-18-,28-25-,29-26-,34-27-. The van der Waals surface area contributed by atoms with Crippen molar-refractivity contribution in [2.24, 2.45) is 0 Å². The van der Waals surface area contributed by atoms with E-state index in [4.69, 9.17) is 23.7 Å². The van der Waals surface area contributed by atoms with Gasteiger partial charge in [-0.05, 0) is 109 Å². The number of unbranched alkanes of at least 4 members (excludes halogenated alkanes) is 27. The molecule has 0 spiro atoms. The number of ether oxygens (including phenoxy) is 5. The molecule has 0 aromatic heterocycles. The van der Waals surface area contributed by atoms with E-state index >= 15 is 0 Å². The summed E-state index contributed by atoms with van der Waals surface area (Å²) in [6.45, 7) is 5.78. The van der Waals surface area contributed by atoms with Gasteiger partial charge in [-0.1, -0.05) is 234 Å². The fourth-order valence-corrected chi connectivity index (χ4v) is 9.51. The molecule has 81 heavy (non-hydrogen) atoms. The largest absolute Gasteiger partial charge is 0.479 e. The number of carboxylic acid groups (broad SMARTS) is 1. The molecule has 1 aliphatic heterocycles. The zero-order valence-corrected chi connectivity index (χ0v) is 51.3. The molecule has 0 aromatic carbocycles. The monoisotopic (exact) mass is 1140 g/mol. The number of esters is 3. The average molecular weight is 1140 g/mol. The lowest BCUT2D eigenvalue weighted by Gasteiger charge is -2.40. The average Bonchev–Trinajstić information content (AvgIpc) is 3.52. The molecular formula is C69H116O12. The third-order valence-electron chi connectivity index (χ3n) is 14.4. The fourth-order valence-electron chi connectivity index (χ4n) is 9.51. The van der Waals surface area contributed by atoms with E-state index in [9.17, 15) is 34.5 Å². The van der Waals surface area contributed by atoms with E-state index in [2.05, 4.69) is 106 Å². The van der Waals surface area contributed by atoms with Crippen molar-refractivity contribution in [3.05, 3.63) is 85.1 Å². The van der Waals surface area contributed by atoms with E-state index in [0.29, 0.717) is 19.3 Å². The number of aliphatic hydroxyl groups is 2. The minimum atomic E-state index is -1.91. The summed E-state index contributed by atoms with van der Waals surface area (Å²) in [5.74, 6) is -3.15. The van der Waals surface area contributed by atoms with Crippen molar-refractivity contribution < 1.29 is 58.2 Å². The second-order valence-electron chi connectivity index (χ2n) is 22.0. The number of hydrogen-bond donors (Lipinski definition) is 3. The van der Waals surface area contributed by atoms with Gasteiger partial charge in [0.2, 0.25) is 0 Å². The highest BCUT2D eigenvalue weighted by molar-refractivity contribution is 5.74. The van der Waals surface area contributed by atoms with Gasteiger partial charge in [-0.15, -0.1) is 0 Å². The quantitative estimate of drug-likeness (QED) is 0.0228. The van der Waals surface area contributed by atoms with E-state index in [1.54, 1.807) is 0 Å². The van der Waals surface area contributed by atoms with Crippen LogP contribution in [0.25, 0.3) is 0 Å². The number of rotatable bonds is 55. The SMILES string of the molecule is CC/C=C\C/C=C\C/C=C\CCCCCCCCCC(=O)OC(COC(=O)CCCCCCCCCCC/C=C\CCCCCCCC)COC1OC(C(=O)O)C(O)C(O)C1OC(=O)CCCCCCC/C=C\C/C=C\C/C=C\CC. The summed E-state index contributed by atoms with van der Waals surface area (Å²) in [4.78, 5) is 51.3. The van der Waals surface area contributed by atoms with Gasteiger partial charge >= 0.3 is 23.9 Å². The molecule has 1 aliphatic rings. The van der Waals surface area contributed by atoms with Crippen LogP contribution in [0.2, 0.25) is 0 Å². The first-order valence-corrected chi connectivity index (χ1v) is 32.6. The van der Waals surface area contributed by atoms with Gasteiger partial charge in [-0.2, -0.15) is 0 Å². The van der Waals surface area contributed by atoms with Crippen LogP contribution >= 0.6 is 0 Å². The maximum atomic E-state index is 13.2. The Bertz CT molecular complexity index is 1730. The van der Waals surface area contributed by atoms with Gasteiger partial charge in [0.05, 0.1) is 6.61 Å². The Kier molecular flexibility index (Phi) is 52.1. The zero-order valence-electron chi connectivity index (χ0n) is 51.3. The van der Waals surface area contributed by atoms with Crippen LogP contribution in [-0.2, 0) is 42.9 Å². The summed E-state index contributed by atoms with van der Waals surface area (Å²) in [5.41, 5.74) is 0. The molecular weight excluding hydrogens is 1020 g/mol. The lowest BCUT2D eigenvalue weighted by molar-refractivity contribution is -0.301. The van der Waals surface area contributed by atoms with Crippen LogP contribution < -0.4 is 0 Å². The number of carbonyl (C=O) groups is 4. The molecule has 6 atom stereocenters. The van der Waals surface area contributed by atoms with Crippen LogP contribution in [0.15, 0.2) is 85.1 Å². The summed E-state index contributed by atoms with van der Waals surface area (Å²) >= 11 is 0. The van der Waals surface area contributed by atoms with Crippen LogP contribution in [0, 0.1) is 0 Å². The molecule has 0 bridgehead atoms. The number of allylic oxidation sites excluding steroid dienone is 14. The van der Waals surface area contributed by atoms with Gasteiger partial charge in [-0.3, -0.25) is 14.4 Å². The van der Waals surface area contributed by atoms with E-state index in [1.807, 2.05) is 0 Å². The van der Waals surface area contributed by atoms with Gasteiger partial charge in [0.25, 0.3) is 0 Å². The van der Waals surface area contributed by atoms with Crippen molar-refractivity contribution >= 4 is 23.9 Å². The first-order chi connectivity index (χ1) is 39.6. The molecule has 464 valence electrons. The summed E-state index contributed by atoms with van der Waals surface area (Å²) < 4.78 is 28.5. The first kappa shape index (κ1) is 74.9. The minimum absolute atomic E-state index is 0.0374. The Morgan fingerprint density at radius 2 is 0.778 bits per heavy atom. The lowest BCUT2D eigenvalue weighted by Crippen LogP contribution is -2.61. The summed E-state index contributed by atoms with van der Waals surface area (Å²) in [6, 6.07) is 0. The van der Waals surface area contributed by atoms with Gasteiger partial charge in [-0.25, -0.2) is 4.79 Å². The maximum absolute atomic E-state index is 13.2. The predicted octanol–water partition coefficient (Wildman–Crippen LogP) is 17.5. The van der Waals surface area contributed by atoms with E-state index in [-0.39, 0.29) is 25.9 Å². The Hall–Kier alpha value is -4.10. The molecule has 0 aromatic rings. The topological polar surface area (TPSA) is 175 Å². The van der Waals surface area contributed by atoms with Crippen LogP contribution in [0.5, 0.6) is 0 Å². The van der Waals surface area contributed by atoms with Crippen molar-refractivity contribution in [2.45, 2.75) is 314 Å². The second-order valence-corrected chi connectivity index (χ2v) is 22.0. The third kappa shape index (κ3) is 46.0. The summed E-state index contributed by atoms with van der Waals surface area (Å²) in [7, 11) is 0. The number of carboxylic acids is 1. The van der Waals surface area contributed by atoms with Gasteiger partial charge in [0.15, 0.2) is 24.6 Å². The zero-order chi connectivity index (χ0) is 58.9. The van der Waals surface area contributed by atoms with E-state index in [1.165, 1.54) is 83.5 Å². The molecule has 6 unspecified atom stereocenters. The lowest BCUT2D eigenvalue weighted by atomic mass is 9.98. The van der Waals surface area contributed by atoms with Crippen LogP contribution in [0.1, 0.15) is 278 Å².